The van der Waals surface area contributed by atoms with E-state index in [0.29, 0.717) is 18.7 Å². The van der Waals surface area contributed by atoms with Gasteiger partial charge in [0.1, 0.15) is 0 Å². The number of amides is 1. The minimum Gasteiger partial charge on any atom is -0.385 e. The summed E-state index contributed by atoms with van der Waals surface area (Å²) in [7, 11) is 0. The van der Waals surface area contributed by atoms with Gasteiger partial charge in [-0.2, -0.15) is 0 Å². The van der Waals surface area contributed by atoms with Gasteiger partial charge in [-0.3, -0.25) is 4.79 Å². The quantitative estimate of drug-likeness (QED) is 0.650. The van der Waals surface area contributed by atoms with Crippen molar-refractivity contribution in [1.29, 1.82) is 0 Å². The lowest BCUT2D eigenvalue weighted by Crippen LogP contribution is -2.25. The van der Waals surface area contributed by atoms with E-state index in [-0.39, 0.29) is 5.91 Å². The van der Waals surface area contributed by atoms with Gasteiger partial charge in [0.2, 0.25) is 0 Å². The molecular formula is C17H28N2O2. The molecule has 0 atom stereocenters. The lowest BCUT2D eigenvalue weighted by atomic mass is 10.1. The fourth-order valence-electron chi connectivity index (χ4n) is 2.02. The molecule has 4 heteroatoms. The molecule has 0 heterocycles. The molecule has 0 radical (unpaired) electrons. The highest BCUT2D eigenvalue weighted by molar-refractivity contribution is 5.94. The number of benzene rings is 1. The van der Waals surface area contributed by atoms with Crippen LogP contribution in [0.3, 0.4) is 0 Å². The van der Waals surface area contributed by atoms with Gasteiger partial charge in [0.25, 0.3) is 5.91 Å². The van der Waals surface area contributed by atoms with Crippen molar-refractivity contribution in [3.05, 3.63) is 29.3 Å². The van der Waals surface area contributed by atoms with Gasteiger partial charge in [-0.1, -0.05) is 13.3 Å². The van der Waals surface area contributed by atoms with Crippen molar-refractivity contribution in [3.63, 3.8) is 0 Å². The molecule has 0 aromatic heterocycles. The number of nitrogens with one attached hydrogen (secondary N) is 2. The molecule has 0 fully saturated rings. The van der Waals surface area contributed by atoms with Gasteiger partial charge in [-0.25, -0.2) is 0 Å². The third kappa shape index (κ3) is 6.63. The maximum Gasteiger partial charge on any atom is 0.251 e. The summed E-state index contributed by atoms with van der Waals surface area (Å²) in [6, 6.07) is 5.74. The molecule has 1 aromatic carbocycles. The fraction of sp³-hybridized carbons (Fsp3) is 0.588. The van der Waals surface area contributed by atoms with Crippen LogP contribution in [0.5, 0.6) is 0 Å². The molecule has 118 valence electrons. The van der Waals surface area contributed by atoms with Crippen LogP contribution < -0.4 is 10.6 Å². The van der Waals surface area contributed by atoms with E-state index in [0.717, 1.165) is 43.7 Å². The topological polar surface area (TPSA) is 50.4 Å². The molecule has 0 bridgehead atoms. The van der Waals surface area contributed by atoms with Crippen LogP contribution in [0.1, 0.15) is 49.0 Å². The highest BCUT2D eigenvalue weighted by atomic mass is 16.5. The first kappa shape index (κ1) is 17.5. The number of anilines is 1. The molecule has 2 N–H and O–H groups in total. The molecule has 1 amide bonds. The Morgan fingerprint density at radius 2 is 1.95 bits per heavy atom. The van der Waals surface area contributed by atoms with E-state index in [1.165, 1.54) is 0 Å². The van der Waals surface area contributed by atoms with Crippen LogP contribution in [0.25, 0.3) is 0 Å². The number of rotatable bonds is 10. The lowest BCUT2D eigenvalue weighted by Gasteiger charge is -2.10. The Morgan fingerprint density at radius 1 is 1.19 bits per heavy atom. The molecule has 0 saturated heterocycles. The molecule has 0 unspecified atom stereocenters. The zero-order valence-corrected chi connectivity index (χ0v) is 13.5. The first-order valence-corrected chi connectivity index (χ1v) is 7.89. The molecular weight excluding hydrogens is 264 g/mol. The summed E-state index contributed by atoms with van der Waals surface area (Å²) in [5.41, 5.74) is 2.88. The van der Waals surface area contributed by atoms with E-state index in [1.54, 1.807) is 0 Å². The third-order valence-corrected chi connectivity index (χ3v) is 3.25. The normalized spacial score (nSPS) is 10.4. The fourth-order valence-corrected chi connectivity index (χ4v) is 2.02. The van der Waals surface area contributed by atoms with Gasteiger partial charge in [-0.15, -0.1) is 0 Å². The van der Waals surface area contributed by atoms with Crippen LogP contribution >= 0.6 is 0 Å². The largest absolute Gasteiger partial charge is 0.385 e. The second-order valence-corrected chi connectivity index (χ2v) is 5.14. The van der Waals surface area contributed by atoms with Crippen molar-refractivity contribution < 1.29 is 9.53 Å². The monoisotopic (exact) mass is 292 g/mol. The lowest BCUT2D eigenvalue weighted by molar-refractivity contribution is 0.0940. The Hall–Kier alpha value is -1.55. The van der Waals surface area contributed by atoms with E-state index in [1.807, 2.05) is 25.1 Å². The Morgan fingerprint density at radius 3 is 2.62 bits per heavy atom. The number of ether oxygens (including phenoxy) is 1. The highest BCUT2D eigenvalue weighted by Gasteiger charge is 2.06. The summed E-state index contributed by atoms with van der Waals surface area (Å²) in [6.07, 6.45) is 3.10. The minimum atomic E-state index is -0.0188. The molecule has 0 saturated carbocycles. The second-order valence-electron chi connectivity index (χ2n) is 5.14. The van der Waals surface area contributed by atoms with Gasteiger partial charge in [0, 0.05) is 37.6 Å². The van der Waals surface area contributed by atoms with Crippen LogP contribution in [-0.4, -0.2) is 32.2 Å². The Balaban J connectivity index is 2.30. The minimum absolute atomic E-state index is 0.0188. The molecule has 0 aliphatic carbocycles. The predicted molar refractivity (Wildman–Crippen MR) is 88.0 cm³/mol. The maximum atomic E-state index is 12.0. The average molecular weight is 292 g/mol. The van der Waals surface area contributed by atoms with E-state index in [2.05, 4.69) is 24.5 Å². The van der Waals surface area contributed by atoms with Gasteiger partial charge in [-0.05, 0) is 50.5 Å². The van der Waals surface area contributed by atoms with Gasteiger partial charge in [0.15, 0.2) is 0 Å². The summed E-state index contributed by atoms with van der Waals surface area (Å²) < 4.78 is 5.46. The smallest absolute Gasteiger partial charge is 0.251 e. The summed E-state index contributed by atoms with van der Waals surface area (Å²) in [5, 5.41) is 6.20. The third-order valence-electron chi connectivity index (χ3n) is 3.25. The van der Waals surface area contributed by atoms with Gasteiger partial charge >= 0.3 is 0 Å². The summed E-state index contributed by atoms with van der Waals surface area (Å²) in [5.74, 6) is -0.0188. The Bertz CT molecular complexity index is 433. The molecule has 1 aromatic rings. The molecule has 0 spiro atoms. The Labute approximate surface area is 128 Å². The highest BCUT2D eigenvalue weighted by Crippen LogP contribution is 2.16. The van der Waals surface area contributed by atoms with Crippen molar-refractivity contribution >= 4 is 11.6 Å². The van der Waals surface area contributed by atoms with Crippen molar-refractivity contribution in [3.8, 4) is 0 Å². The second kappa shape index (κ2) is 10.2. The van der Waals surface area contributed by atoms with E-state index in [4.69, 9.17) is 4.74 Å². The number of aryl methyl sites for hydroxylation is 1. The van der Waals surface area contributed by atoms with Gasteiger partial charge in [0.05, 0.1) is 0 Å². The summed E-state index contributed by atoms with van der Waals surface area (Å²) in [6.45, 7) is 9.27. The van der Waals surface area contributed by atoms with Crippen molar-refractivity contribution in [2.45, 2.75) is 40.0 Å². The van der Waals surface area contributed by atoms with Crippen molar-refractivity contribution in [2.24, 2.45) is 0 Å². The van der Waals surface area contributed by atoms with Crippen molar-refractivity contribution in [2.75, 3.05) is 31.6 Å². The number of hydrogen-bond acceptors (Lipinski definition) is 3. The van der Waals surface area contributed by atoms with Crippen LogP contribution in [0.2, 0.25) is 0 Å². The van der Waals surface area contributed by atoms with E-state index >= 15 is 0 Å². The Kier molecular flexibility index (Phi) is 8.51. The first-order valence-electron chi connectivity index (χ1n) is 7.89. The first-order chi connectivity index (χ1) is 10.2. The van der Waals surface area contributed by atoms with Crippen LogP contribution in [0.15, 0.2) is 18.2 Å². The maximum absolute atomic E-state index is 12.0. The number of unbranched alkanes of at least 4 members (excludes halogenated alkanes) is 1. The standard InChI is InChI=1S/C17H28N2O2/c1-4-6-11-21-12-7-10-19-17(20)15-8-9-16(18-5-2)14(3)13-15/h8-9,13,18H,4-7,10-12H2,1-3H3,(H,19,20). The molecule has 0 aliphatic rings. The molecule has 0 aliphatic heterocycles. The van der Waals surface area contributed by atoms with Crippen molar-refractivity contribution in [1.82, 2.24) is 5.32 Å². The predicted octanol–water partition coefficient (Wildman–Crippen LogP) is 3.36. The van der Waals surface area contributed by atoms with E-state index in [9.17, 15) is 4.79 Å². The van der Waals surface area contributed by atoms with Gasteiger partial charge < -0.3 is 15.4 Å². The van der Waals surface area contributed by atoms with Crippen LogP contribution in [0.4, 0.5) is 5.69 Å². The zero-order valence-electron chi connectivity index (χ0n) is 13.5. The van der Waals surface area contributed by atoms with E-state index < -0.39 is 0 Å². The number of carbonyl (C=O) groups excluding carboxylic acids is 1. The summed E-state index contributed by atoms with van der Waals surface area (Å²) in [4.78, 5) is 12.0. The SMILES string of the molecule is CCCCOCCCNC(=O)c1ccc(NCC)c(C)c1. The van der Waals surface area contributed by atoms with Crippen LogP contribution in [0, 0.1) is 6.92 Å². The molecule has 21 heavy (non-hydrogen) atoms. The number of hydrogen-bond donors (Lipinski definition) is 2. The number of carbonyl (C=O) groups is 1. The molecule has 1 rings (SSSR count). The summed E-state index contributed by atoms with van der Waals surface area (Å²) >= 11 is 0. The van der Waals surface area contributed by atoms with Crippen LogP contribution in [-0.2, 0) is 4.74 Å². The average Bonchev–Trinajstić information content (AvgIpc) is 2.48. The zero-order chi connectivity index (χ0) is 15.5. The molecule has 4 nitrogen and oxygen atoms in total.